The van der Waals surface area contributed by atoms with Crippen molar-refractivity contribution in [2.75, 3.05) is 58.7 Å². The smallest absolute Gasteiger partial charge is 0.342 e. The van der Waals surface area contributed by atoms with Gasteiger partial charge in [0.05, 0.1) is 31.2 Å². The molecule has 25 heavy (non-hydrogen) atoms. The van der Waals surface area contributed by atoms with Crippen LogP contribution in [0.3, 0.4) is 0 Å². The number of esters is 1. The molecule has 0 atom stereocenters. The van der Waals surface area contributed by atoms with Gasteiger partial charge in [-0.25, -0.2) is 4.79 Å². The summed E-state index contributed by atoms with van der Waals surface area (Å²) in [6, 6.07) is 1.49. The molecule has 0 unspecified atom stereocenters. The van der Waals surface area contributed by atoms with E-state index in [1.165, 1.54) is 6.07 Å². The van der Waals surface area contributed by atoms with Crippen LogP contribution in [0.25, 0.3) is 0 Å². The summed E-state index contributed by atoms with van der Waals surface area (Å²) in [5.74, 6) is -0.0425. The summed E-state index contributed by atoms with van der Waals surface area (Å²) in [4.78, 5) is 12.0. The standard InChI is InChI=1S/C15H24N2O6.2ClH/c1-4-21-15(18)12-10(16)9-11(22-7-5-19-2)14(13(12)17)23-8-6-20-3;;/h9H,4-8,16-17H2,1-3H3;2*1H. The van der Waals surface area contributed by atoms with Crippen molar-refractivity contribution in [2.45, 2.75) is 6.92 Å². The highest BCUT2D eigenvalue weighted by Gasteiger charge is 2.23. The molecule has 8 nitrogen and oxygen atoms in total. The third-order valence-corrected chi connectivity index (χ3v) is 2.87. The molecule has 0 saturated carbocycles. The van der Waals surface area contributed by atoms with Crippen LogP contribution in [-0.4, -0.2) is 53.2 Å². The average Bonchev–Trinajstić information content (AvgIpc) is 2.50. The Bertz CT molecular complexity index is 531. The maximum absolute atomic E-state index is 12.0. The lowest BCUT2D eigenvalue weighted by atomic mass is 10.1. The zero-order valence-corrected chi connectivity index (χ0v) is 16.2. The molecule has 4 N–H and O–H groups in total. The van der Waals surface area contributed by atoms with E-state index >= 15 is 0 Å². The summed E-state index contributed by atoms with van der Waals surface area (Å²) in [5.41, 5.74) is 12.3. The second kappa shape index (κ2) is 13.7. The van der Waals surface area contributed by atoms with Crippen LogP contribution in [0.5, 0.6) is 11.5 Å². The minimum atomic E-state index is -0.609. The number of hydrogen-bond donors (Lipinski definition) is 2. The maximum Gasteiger partial charge on any atom is 0.342 e. The normalized spacial score (nSPS) is 9.56. The number of carbonyl (C=O) groups excluding carboxylic acids is 1. The molecule has 1 aromatic carbocycles. The highest BCUT2D eigenvalue weighted by atomic mass is 35.5. The number of halogens is 2. The molecule has 0 spiro atoms. The van der Waals surface area contributed by atoms with E-state index in [0.717, 1.165) is 0 Å². The molecule has 146 valence electrons. The van der Waals surface area contributed by atoms with Crippen LogP contribution in [0.4, 0.5) is 11.4 Å². The van der Waals surface area contributed by atoms with Gasteiger partial charge in [0.15, 0.2) is 11.5 Å². The number of carbonyl (C=O) groups is 1. The molecule has 0 radical (unpaired) electrons. The Kier molecular flexibility index (Phi) is 14.0. The molecule has 1 rings (SSSR count). The number of anilines is 2. The molecule has 0 aliphatic carbocycles. The van der Waals surface area contributed by atoms with E-state index < -0.39 is 5.97 Å². The lowest BCUT2D eigenvalue weighted by Gasteiger charge is -2.18. The van der Waals surface area contributed by atoms with Gasteiger partial charge in [0.1, 0.15) is 18.8 Å². The number of benzene rings is 1. The SMILES string of the molecule is CCOC(=O)c1c(N)cc(OCCOC)c(OCCOC)c1N.Cl.Cl. The number of hydrogen-bond acceptors (Lipinski definition) is 8. The number of nitrogens with two attached hydrogens (primary N) is 2. The Labute approximate surface area is 159 Å². The zero-order valence-electron chi connectivity index (χ0n) is 14.5. The van der Waals surface area contributed by atoms with E-state index in [0.29, 0.717) is 19.0 Å². The first-order valence-corrected chi connectivity index (χ1v) is 7.19. The van der Waals surface area contributed by atoms with Gasteiger partial charge in [-0.3, -0.25) is 0 Å². The summed E-state index contributed by atoms with van der Waals surface area (Å²) >= 11 is 0. The Hall–Kier alpha value is -1.61. The zero-order chi connectivity index (χ0) is 17.2. The van der Waals surface area contributed by atoms with Crippen molar-refractivity contribution >= 4 is 42.2 Å². The van der Waals surface area contributed by atoms with Crippen LogP contribution in [-0.2, 0) is 14.2 Å². The molecule has 0 aliphatic rings. The van der Waals surface area contributed by atoms with Gasteiger partial charge in [0, 0.05) is 20.3 Å². The van der Waals surface area contributed by atoms with Crippen molar-refractivity contribution in [3.8, 4) is 11.5 Å². The minimum absolute atomic E-state index is 0. The van der Waals surface area contributed by atoms with E-state index in [9.17, 15) is 4.79 Å². The maximum atomic E-state index is 12.0. The van der Waals surface area contributed by atoms with Gasteiger partial charge < -0.3 is 35.2 Å². The van der Waals surface area contributed by atoms with Gasteiger partial charge in [-0.05, 0) is 6.92 Å². The van der Waals surface area contributed by atoms with Crippen molar-refractivity contribution in [3.63, 3.8) is 0 Å². The van der Waals surface area contributed by atoms with Gasteiger partial charge in [-0.1, -0.05) is 0 Å². The summed E-state index contributed by atoms with van der Waals surface area (Å²) in [6.45, 7) is 3.18. The molecule has 10 heteroatoms. The van der Waals surface area contributed by atoms with Crippen LogP contribution in [0, 0.1) is 0 Å². The topological polar surface area (TPSA) is 115 Å². The fourth-order valence-corrected chi connectivity index (χ4v) is 1.83. The van der Waals surface area contributed by atoms with Gasteiger partial charge in [0.25, 0.3) is 0 Å². The second-order valence-electron chi connectivity index (χ2n) is 4.48. The van der Waals surface area contributed by atoms with Crippen molar-refractivity contribution < 1.29 is 28.5 Å². The van der Waals surface area contributed by atoms with Crippen molar-refractivity contribution in [1.29, 1.82) is 0 Å². The average molecular weight is 401 g/mol. The third-order valence-electron chi connectivity index (χ3n) is 2.87. The number of ether oxygens (including phenoxy) is 5. The van der Waals surface area contributed by atoms with Crippen molar-refractivity contribution in [2.24, 2.45) is 0 Å². The molecule has 0 saturated heterocycles. The van der Waals surface area contributed by atoms with Crippen LogP contribution in [0.15, 0.2) is 6.07 Å². The fourth-order valence-electron chi connectivity index (χ4n) is 1.83. The van der Waals surface area contributed by atoms with Crippen LogP contribution >= 0.6 is 24.8 Å². The highest BCUT2D eigenvalue weighted by Crippen LogP contribution is 2.40. The Morgan fingerprint density at radius 3 is 2.08 bits per heavy atom. The summed E-state index contributed by atoms with van der Waals surface area (Å²) in [6.07, 6.45) is 0. The van der Waals surface area contributed by atoms with Crippen LogP contribution < -0.4 is 20.9 Å². The van der Waals surface area contributed by atoms with Crippen molar-refractivity contribution in [1.82, 2.24) is 0 Å². The lowest BCUT2D eigenvalue weighted by Crippen LogP contribution is -2.15. The monoisotopic (exact) mass is 400 g/mol. The molecular weight excluding hydrogens is 375 g/mol. The quantitative estimate of drug-likeness (QED) is 0.347. The summed E-state index contributed by atoms with van der Waals surface area (Å²) < 4.78 is 26.0. The summed E-state index contributed by atoms with van der Waals surface area (Å²) in [5, 5.41) is 0. The number of rotatable bonds is 10. The molecule has 0 fully saturated rings. The highest BCUT2D eigenvalue weighted by molar-refractivity contribution is 6.03. The fraction of sp³-hybridized carbons (Fsp3) is 0.533. The largest absolute Gasteiger partial charge is 0.487 e. The third kappa shape index (κ3) is 7.43. The predicted octanol–water partition coefficient (Wildman–Crippen LogP) is 1.92. The van der Waals surface area contributed by atoms with Crippen molar-refractivity contribution in [3.05, 3.63) is 11.6 Å². The number of nitrogen functional groups attached to an aromatic ring is 2. The minimum Gasteiger partial charge on any atom is -0.487 e. The van der Waals surface area contributed by atoms with Gasteiger partial charge >= 0.3 is 5.97 Å². The van der Waals surface area contributed by atoms with E-state index in [2.05, 4.69) is 0 Å². The first-order chi connectivity index (χ1) is 11.1. The van der Waals surface area contributed by atoms with E-state index in [1.54, 1.807) is 21.1 Å². The molecule has 0 aromatic heterocycles. The van der Waals surface area contributed by atoms with Crippen LogP contribution in [0.2, 0.25) is 0 Å². The first-order valence-electron chi connectivity index (χ1n) is 7.19. The second-order valence-corrected chi connectivity index (χ2v) is 4.48. The van der Waals surface area contributed by atoms with Gasteiger partial charge in [0.2, 0.25) is 0 Å². The van der Waals surface area contributed by atoms with E-state index in [4.69, 9.17) is 35.2 Å². The molecule has 1 aromatic rings. The molecule has 0 aliphatic heterocycles. The predicted molar refractivity (Wildman–Crippen MR) is 100 cm³/mol. The Balaban J connectivity index is 0. The van der Waals surface area contributed by atoms with Gasteiger partial charge in [-0.15, -0.1) is 24.8 Å². The number of methoxy groups -OCH3 is 2. The molecule has 0 amide bonds. The lowest BCUT2D eigenvalue weighted by molar-refractivity contribution is 0.0528. The Morgan fingerprint density at radius 2 is 1.56 bits per heavy atom. The first kappa shape index (κ1) is 25.6. The van der Waals surface area contributed by atoms with Gasteiger partial charge in [-0.2, -0.15) is 0 Å². The molecule has 0 heterocycles. The Morgan fingerprint density at radius 1 is 1.00 bits per heavy atom. The van der Waals surface area contributed by atoms with E-state index in [1.807, 2.05) is 0 Å². The molecule has 0 bridgehead atoms. The van der Waals surface area contributed by atoms with Crippen LogP contribution in [0.1, 0.15) is 17.3 Å². The molecular formula is C15H26Cl2N2O6. The van der Waals surface area contributed by atoms with E-state index in [-0.39, 0.29) is 67.3 Å². The summed E-state index contributed by atoms with van der Waals surface area (Å²) in [7, 11) is 3.11.